The SMILES string of the molecule is CCC(Sc1cccc(NC(=O)N2c3ccccc3SC3C=CC=CC32)c1)C(=O)Nc1ccc(Cl)cc1Cl. The van der Waals surface area contributed by atoms with E-state index in [1.54, 1.807) is 30.0 Å². The predicted octanol–water partition coefficient (Wildman–Crippen LogP) is 8.51. The van der Waals surface area contributed by atoms with Crippen LogP contribution in [0.1, 0.15) is 13.3 Å². The number of benzene rings is 3. The maximum atomic E-state index is 13.6. The molecule has 1 aliphatic carbocycles. The lowest BCUT2D eigenvalue weighted by Crippen LogP contribution is -2.49. The Morgan fingerprint density at radius 3 is 2.63 bits per heavy atom. The van der Waals surface area contributed by atoms with Crippen molar-refractivity contribution in [2.45, 2.75) is 39.7 Å². The summed E-state index contributed by atoms with van der Waals surface area (Å²) in [7, 11) is 0. The molecule has 3 aromatic rings. The fraction of sp³-hybridized carbons (Fsp3) is 0.172. The van der Waals surface area contributed by atoms with Crippen LogP contribution in [0, 0.1) is 0 Å². The molecule has 3 amide bonds. The van der Waals surface area contributed by atoms with Gasteiger partial charge < -0.3 is 10.6 Å². The number of fused-ring (bicyclic) bond motifs is 2. The number of urea groups is 1. The Balaban J connectivity index is 1.30. The highest BCUT2D eigenvalue weighted by Gasteiger charge is 2.36. The molecule has 0 saturated carbocycles. The number of hydrogen-bond acceptors (Lipinski definition) is 4. The van der Waals surface area contributed by atoms with Crippen molar-refractivity contribution in [3.8, 4) is 0 Å². The van der Waals surface area contributed by atoms with E-state index in [9.17, 15) is 9.59 Å². The molecule has 9 heteroatoms. The first-order chi connectivity index (χ1) is 18.4. The average molecular weight is 583 g/mol. The van der Waals surface area contributed by atoms with E-state index >= 15 is 0 Å². The van der Waals surface area contributed by atoms with Gasteiger partial charge in [-0.1, -0.05) is 72.6 Å². The van der Waals surface area contributed by atoms with Gasteiger partial charge >= 0.3 is 6.03 Å². The average Bonchev–Trinajstić information content (AvgIpc) is 2.92. The van der Waals surface area contributed by atoms with Crippen molar-refractivity contribution in [2.75, 3.05) is 15.5 Å². The topological polar surface area (TPSA) is 61.4 Å². The van der Waals surface area contributed by atoms with E-state index in [2.05, 4.69) is 22.8 Å². The van der Waals surface area contributed by atoms with Crippen LogP contribution < -0.4 is 15.5 Å². The Kier molecular flexibility index (Phi) is 8.39. The summed E-state index contributed by atoms with van der Waals surface area (Å²) < 4.78 is 0. The maximum absolute atomic E-state index is 13.6. The van der Waals surface area contributed by atoms with Crippen LogP contribution >= 0.6 is 46.7 Å². The number of allylic oxidation sites excluding steroid dienone is 2. The van der Waals surface area contributed by atoms with Crippen molar-refractivity contribution in [1.29, 1.82) is 0 Å². The third-order valence-electron chi connectivity index (χ3n) is 6.18. The first-order valence-corrected chi connectivity index (χ1v) is 14.7. The van der Waals surface area contributed by atoms with Gasteiger partial charge in [-0.15, -0.1) is 23.5 Å². The molecular weight excluding hydrogens is 557 g/mol. The quantitative estimate of drug-likeness (QED) is 0.286. The molecule has 5 nitrogen and oxygen atoms in total. The summed E-state index contributed by atoms with van der Waals surface area (Å²) in [5, 5.41) is 6.67. The molecule has 5 rings (SSSR count). The number of rotatable bonds is 6. The Labute approximate surface area is 240 Å². The molecular formula is C29H25Cl2N3O2S2. The van der Waals surface area contributed by atoms with Gasteiger partial charge in [0.1, 0.15) is 0 Å². The zero-order valence-electron chi connectivity index (χ0n) is 20.4. The normalized spacial score (nSPS) is 18.3. The molecule has 0 radical (unpaired) electrons. The molecule has 38 heavy (non-hydrogen) atoms. The Morgan fingerprint density at radius 1 is 1.00 bits per heavy atom. The van der Waals surface area contributed by atoms with Crippen LogP contribution in [0.15, 0.2) is 101 Å². The van der Waals surface area contributed by atoms with Crippen molar-refractivity contribution in [1.82, 2.24) is 0 Å². The van der Waals surface area contributed by atoms with Gasteiger partial charge in [0.05, 0.1) is 32.9 Å². The molecule has 0 aromatic heterocycles. The Bertz CT molecular complexity index is 1430. The molecule has 0 fully saturated rings. The minimum atomic E-state index is -0.349. The summed E-state index contributed by atoms with van der Waals surface area (Å²) in [5.74, 6) is -0.151. The molecule has 1 aliphatic heterocycles. The van der Waals surface area contributed by atoms with Crippen LogP contribution in [0.25, 0.3) is 0 Å². The molecule has 0 bridgehead atoms. The first kappa shape index (κ1) is 26.8. The minimum absolute atomic E-state index is 0.0784. The second kappa shape index (κ2) is 11.9. The Hall–Kier alpha value is -2.84. The van der Waals surface area contributed by atoms with E-state index in [0.29, 0.717) is 27.8 Å². The summed E-state index contributed by atoms with van der Waals surface area (Å²) in [6.45, 7) is 1.96. The van der Waals surface area contributed by atoms with E-state index in [4.69, 9.17) is 23.2 Å². The van der Waals surface area contributed by atoms with Gasteiger partial charge in [0.25, 0.3) is 0 Å². The number of carbonyl (C=O) groups excluding carboxylic acids is 2. The molecule has 3 atom stereocenters. The standard InChI is InChI=1S/C29H25Cl2N3O2S2/c1-2-25(28(35)33-22-15-14-18(30)16-21(22)31)37-20-9-7-8-19(17-20)32-29(36)34-23-10-3-5-12-26(23)38-27-13-6-4-11-24(27)34/h3-17,23,25-26H,2H2,1H3,(H,32,36)(H,33,35). The number of para-hydroxylation sites is 1. The van der Waals surface area contributed by atoms with Crippen LogP contribution in [-0.4, -0.2) is 28.5 Å². The number of amides is 3. The molecule has 0 spiro atoms. The van der Waals surface area contributed by atoms with Crippen LogP contribution in [0.5, 0.6) is 0 Å². The lowest BCUT2D eigenvalue weighted by molar-refractivity contribution is -0.115. The minimum Gasteiger partial charge on any atom is -0.324 e. The smallest absolute Gasteiger partial charge is 0.324 e. The number of thioether (sulfide) groups is 2. The molecule has 2 N–H and O–H groups in total. The summed E-state index contributed by atoms with van der Waals surface area (Å²) in [4.78, 5) is 30.4. The van der Waals surface area contributed by atoms with Gasteiger partial charge in [-0.3, -0.25) is 9.69 Å². The van der Waals surface area contributed by atoms with Crippen molar-refractivity contribution in [2.24, 2.45) is 0 Å². The maximum Gasteiger partial charge on any atom is 0.326 e. The summed E-state index contributed by atoms with van der Waals surface area (Å²) in [6.07, 6.45) is 8.83. The first-order valence-electron chi connectivity index (χ1n) is 12.2. The van der Waals surface area contributed by atoms with Crippen molar-refractivity contribution in [3.05, 3.63) is 101 Å². The summed E-state index contributed by atoms with van der Waals surface area (Å²) in [6, 6.07) is 20.2. The van der Waals surface area contributed by atoms with Crippen LogP contribution in [0.3, 0.4) is 0 Å². The second-order valence-electron chi connectivity index (χ2n) is 8.77. The van der Waals surface area contributed by atoms with Gasteiger partial charge in [0.15, 0.2) is 0 Å². The highest BCUT2D eigenvalue weighted by atomic mass is 35.5. The van der Waals surface area contributed by atoms with E-state index in [1.807, 2.05) is 72.5 Å². The number of carbonyl (C=O) groups is 2. The predicted molar refractivity (Wildman–Crippen MR) is 161 cm³/mol. The van der Waals surface area contributed by atoms with E-state index < -0.39 is 0 Å². The van der Waals surface area contributed by atoms with Gasteiger partial charge in [-0.25, -0.2) is 4.79 Å². The van der Waals surface area contributed by atoms with Crippen molar-refractivity contribution >= 4 is 75.7 Å². The van der Waals surface area contributed by atoms with E-state index in [0.717, 1.165) is 15.5 Å². The van der Waals surface area contributed by atoms with Crippen LogP contribution in [0.4, 0.5) is 21.9 Å². The third-order valence-corrected chi connectivity index (χ3v) is 9.39. The molecule has 194 valence electrons. The van der Waals surface area contributed by atoms with Gasteiger partial charge in [-0.2, -0.15) is 0 Å². The van der Waals surface area contributed by atoms with E-state index in [1.165, 1.54) is 11.8 Å². The lowest BCUT2D eigenvalue weighted by Gasteiger charge is -2.40. The highest BCUT2D eigenvalue weighted by Crippen LogP contribution is 2.43. The number of halogens is 2. The van der Waals surface area contributed by atoms with Gasteiger partial charge in [0, 0.05) is 20.5 Å². The molecule has 3 aromatic carbocycles. The number of nitrogens with zero attached hydrogens (tertiary/aromatic N) is 1. The Morgan fingerprint density at radius 2 is 1.82 bits per heavy atom. The zero-order valence-corrected chi connectivity index (χ0v) is 23.6. The van der Waals surface area contributed by atoms with Gasteiger partial charge in [-0.05, 0) is 55.0 Å². The third kappa shape index (κ3) is 5.91. The molecule has 1 heterocycles. The second-order valence-corrected chi connectivity index (χ2v) is 12.1. The monoisotopic (exact) mass is 581 g/mol. The van der Waals surface area contributed by atoms with Crippen LogP contribution in [-0.2, 0) is 4.79 Å². The van der Waals surface area contributed by atoms with Crippen molar-refractivity contribution in [3.63, 3.8) is 0 Å². The highest BCUT2D eigenvalue weighted by molar-refractivity contribution is 8.00. The van der Waals surface area contributed by atoms with E-state index in [-0.39, 0.29) is 28.5 Å². The summed E-state index contributed by atoms with van der Waals surface area (Å²) in [5.41, 5.74) is 2.08. The zero-order chi connectivity index (χ0) is 26.6. The molecule has 0 saturated heterocycles. The van der Waals surface area contributed by atoms with Gasteiger partial charge in [0.2, 0.25) is 5.91 Å². The lowest BCUT2D eigenvalue weighted by atomic mass is 10.1. The van der Waals surface area contributed by atoms with Crippen LogP contribution in [0.2, 0.25) is 10.0 Å². The number of hydrogen-bond donors (Lipinski definition) is 2. The fourth-order valence-corrected chi connectivity index (χ4v) is 7.07. The largest absolute Gasteiger partial charge is 0.326 e. The molecule has 2 aliphatic rings. The fourth-order valence-electron chi connectivity index (χ4n) is 4.35. The summed E-state index contributed by atoms with van der Waals surface area (Å²) >= 11 is 15.4. The molecule has 3 unspecified atom stereocenters. The van der Waals surface area contributed by atoms with Crippen molar-refractivity contribution < 1.29 is 9.59 Å². The number of nitrogens with one attached hydrogen (secondary N) is 2. The number of anilines is 3.